The normalized spacial score (nSPS) is 20.5. The highest BCUT2D eigenvalue weighted by molar-refractivity contribution is 6.06. The van der Waals surface area contributed by atoms with Gasteiger partial charge in [0.05, 0.1) is 0 Å². The molecule has 0 radical (unpaired) electrons. The summed E-state index contributed by atoms with van der Waals surface area (Å²) in [6.07, 6.45) is 2.63. The highest BCUT2D eigenvalue weighted by Crippen LogP contribution is 2.33. The first-order valence-electron chi connectivity index (χ1n) is 7.07. The number of anilines is 1. The lowest BCUT2D eigenvalue weighted by atomic mass is 9.88. The van der Waals surface area contributed by atoms with Gasteiger partial charge in [0.15, 0.2) is 23.2 Å². The minimum atomic E-state index is -0.730. The number of oxazole rings is 1. The van der Waals surface area contributed by atoms with Crippen molar-refractivity contribution in [3.63, 3.8) is 0 Å². The lowest BCUT2D eigenvalue weighted by molar-refractivity contribution is -0.124. The van der Waals surface area contributed by atoms with Crippen molar-refractivity contribution in [3.8, 4) is 0 Å². The van der Waals surface area contributed by atoms with E-state index in [9.17, 15) is 4.79 Å². The van der Waals surface area contributed by atoms with E-state index in [1.807, 2.05) is 0 Å². The molecule has 9 nitrogen and oxygen atoms in total. The zero-order valence-electron chi connectivity index (χ0n) is 12.0. The summed E-state index contributed by atoms with van der Waals surface area (Å²) in [7, 11) is 0. The molecule has 0 aromatic carbocycles. The summed E-state index contributed by atoms with van der Waals surface area (Å²) in [4.78, 5) is 31.2. The summed E-state index contributed by atoms with van der Waals surface area (Å²) >= 11 is 0. The molecule has 2 aromatic heterocycles. The van der Waals surface area contributed by atoms with Gasteiger partial charge in [-0.2, -0.15) is 4.98 Å². The van der Waals surface area contributed by atoms with Gasteiger partial charge in [0.2, 0.25) is 0 Å². The van der Waals surface area contributed by atoms with E-state index in [1.165, 1.54) is 6.33 Å². The molecule has 9 heteroatoms. The Morgan fingerprint density at radius 1 is 1.36 bits per heavy atom. The van der Waals surface area contributed by atoms with E-state index in [0.29, 0.717) is 43.1 Å². The summed E-state index contributed by atoms with van der Waals surface area (Å²) in [5, 5.41) is 2.58. The third kappa shape index (κ3) is 1.81. The maximum Gasteiger partial charge on any atom is 0.254 e. The Balaban J connectivity index is 1.62. The molecule has 22 heavy (non-hydrogen) atoms. The second-order valence-corrected chi connectivity index (χ2v) is 5.55. The van der Waals surface area contributed by atoms with Gasteiger partial charge in [0.1, 0.15) is 11.9 Å². The highest BCUT2D eigenvalue weighted by Gasteiger charge is 2.45. The molecule has 0 saturated carbocycles. The van der Waals surface area contributed by atoms with Gasteiger partial charge in [0.25, 0.3) is 11.6 Å². The van der Waals surface area contributed by atoms with E-state index in [1.54, 1.807) is 6.92 Å². The van der Waals surface area contributed by atoms with Crippen molar-refractivity contribution in [3.05, 3.63) is 12.2 Å². The number of hydrogen-bond donors (Lipinski definition) is 2. The van der Waals surface area contributed by atoms with Crippen LogP contribution in [0.15, 0.2) is 15.7 Å². The average molecular weight is 301 g/mol. The molecule has 1 spiro atoms. The molecule has 114 valence electrons. The summed E-state index contributed by atoms with van der Waals surface area (Å²) in [6.45, 7) is 3.06. The van der Waals surface area contributed by atoms with Crippen LogP contribution >= 0.6 is 0 Å². The molecule has 1 amide bonds. The number of rotatable bonds is 1. The first-order chi connectivity index (χ1) is 10.6. The van der Waals surface area contributed by atoms with Crippen LogP contribution in [0.3, 0.4) is 0 Å². The fourth-order valence-corrected chi connectivity index (χ4v) is 3.05. The van der Waals surface area contributed by atoms with Gasteiger partial charge in [-0.1, -0.05) is 0 Å². The minimum absolute atomic E-state index is 0.116. The molecule has 0 bridgehead atoms. The molecular weight excluding hydrogens is 286 g/mol. The van der Waals surface area contributed by atoms with Gasteiger partial charge in [-0.25, -0.2) is 15.0 Å². The van der Waals surface area contributed by atoms with E-state index >= 15 is 0 Å². The maximum atomic E-state index is 12.0. The van der Waals surface area contributed by atoms with Gasteiger partial charge >= 0.3 is 0 Å². The van der Waals surface area contributed by atoms with E-state index in [4.69, 9.17) is 10.2 Å². The van der Waals surface area contributed by atoms with Crippen molar-refractivity contribution in [2.75, 3.05) is 18.0 Å². The fourth-order valence-electron chi connectivity index (χ4n) is 3.05. The molecule has 0 aliphatic carbocycles. The third-order valence-corrected chi connectivity index (χ3v) is 4.17. The Bertz CT molecular complexity index is 789. The van der Waals surface area contributed by atoms with Crippen LogP contribution in [0.1, 0.15) is 18.7 Å². The van der Waals surface area contributed by atoms with Gasteiger partial charge < -0.3 is 15.1 Å². The Morgan fingerprint density at radius 2 is 2.14 bits per heavy atom. The highest BCUT2D eigenvalue weighted by atomic mass is 16.4. The SMILES string of the molecule is Cc1nc2c(N3CCC4(CC3)N=C(N)NC4=O)ncnc2o1. The van der Waals surface area contributed by atoms with Crippen LogP contribution in [0.4, 0.5) is 5.82 Å². The average Bonchev–Trinajstić information content (AvgIpc) is 2.99. The van der Waals surface area contributed by atoms with Crippen LogP contribution in [0, 0.1) is 6.92 Å². The Kier molecular flexibility index (Phi) is 2.59. The van der Waals surface area contributed by atoms with Crippen molar-refractivity contribution < 1.29 is 9.21 Å². The van der Waals surface area contributed by atoms with Crippen molar-refractivity contribution in [1.82, 2.24) is 20.3 Å². The number of carbonyl (C=O) groups is 1. The fraction of sp³-hybridized carbons (Fsp3) is 0.462. The van der Waals surface area contributed by atoms with Crippen LogP contribution < -0.4 is 16.0 Å². The predicted octanol–water partition coefficient (Wildman–Crippen LogP) is -0.290. The number of hydrogen-bond acceptors (Lipinski definition) is 8. The van der Waals surface area contributed by atoms with E-state index < -0.39 is 5.54 Å². The number of nitrogens with two attached hydrogens (primary N) is 1. The quantitative estimate of drug-likeness (QED) is 0.742. The second kappa shape index (κ2) is 4.39. The van der Waals surface area contributed by atoms with Gasteiger partial charge in [-0.15, -0.1) is 0 Å². The Labute approximate surface area is 125 Å². The van der Waals surface area contributed by atoms with Crippen LogP contribution in [-0.4, -0.2) is 45.4 Å². The molecule has 3 N–H and O–H groups in total. The van der Waals surface area contributed by atoms with Crippen molar-refractivity contribution in [2.24, 2.45) is 10.7 Å². The van der Waals surface area contributed by atoms with E-state index in [0.717, 1.165) is 5.82 Å². The molecule has 2 aliphatic heterocycles. The summed E-state index contributed by atoms with van der Waals surface area (Å²) in [6, 6.07) is 0. The van der Waals surface area contributed by atoms with Crippen LogP contribution in [0.2, 0.25) is 0 Å². The lowest BCUT2D eigenvalue weighted by Crippen LogP contribution is -2.49. The van der Waals surface area contributed by atoms with Gasteiger partial charge in [-0.05, 0) is 12.8 Å². The smallest absolute Gasteiger partial charge is 0.254 e. The maximum absolute atomic E-state index is 12.0. The molecular formula is C13H15N7O2. The third-order valence-electron chi connectivity index (χ3n) is 4.17. The summed E-state index contributed by atoms with van der Waals surface area (Å²) in [5.74, 6) is 1.37. The topological polar surface area (TPSA) is 123 Å². The molecule has 1 fully saturated rings. The molecule has 4 rings (SSSR count). The summed E-state index contributed by atoms with van der Waals surface area (Å²) in [5.41, 5.74) is 6.01. The molecule has 0 unspecified atom stereocenters. The number of nitrogens with zero attached hydrogens (tertiary/aromatic N) is 5. The number of aliphatic imine (C=N–C) groups is 1. The zero-order valence-corrected chi connectivity index (χ0v) is 12.0. The van der Waals surface area contributed by atoms with Gasteiger partial charge in [0, 0.05) is 20.0 Å². The minimum Gasteiger partial charge on any atom is -0.422 e. The molecule has 0 atom stereocenters. The molecule has 2 aliphatic rings. The van der Waals surface area contributed by atoms with Gasteiger partial charge in [-0.3, -0.25) is 10.1 Å². The number of carbonyl (C=O) groups excluding carboxylic acids is 1. The number of fused-ring (bicyclic) bond motifs is 1. The zero-order chi connectivity index (χ0) is 15.3. The Hall–Kier alpha value is -2.71. The number of aromatic nitrogens is 3. The number of amides is 1. The standard InChI is InChI=1S/C13H15N7O2/c1-7-17-8-9(15-6-16-10(8)22-7)20-4-2-13(3-5-20)11(21)18-12(14)19-13/h6H,2-5H2,1H3,(H3,14,18,19,21). The van der Waals surface area contributed by atoms with Crippen molar-refractivity contribution in [2.45, 2.75) is 25.3 Å². The predicted molar refractivity (Wildman–Crippen MR) is 78.3 cm³/mol. The van der Waals surface area contributed by atoms with E-state index in [-0.39, 0.29) is 11.9 Å². The number of piperidine rings is 1. The molecule has 2 aromatic rings. The largest absolute Gasteiger partial charge is 0.422 e. The Morgan fingerprint density at radius 3 is 2.82 bits per heavy atom. The number of nitrogens with one attached hydrogen (secondary N) is 1. The van der Waals surface area contributed by atoms with Crippen LogP contribution in [0.5, 0.6) is 0 Å². The van der Waals surface area contributed by atoms with Crippen molar-refractivity contribution >= 4 is 28.9 Å². The second-order valence-electron chi connectivity index (χ2n) is 5.55. The number of aryl methyl sites for hydroxylation is 1. The monoisotopic (exact) mass is 301 g/mol. The van der Waals surface area contributed by atoms with Crippen molar-refractivity contribution in [1.29, 1.82) is 0 Å². The lowest BCUT2D eigenvalue weighted by Gasteiger charge is -2.35. The molecule has 4 heterocycles. The molecule has 1 saturated heterocycles. The first kappa shape index (κ1) is 13.0. The van der Waals surface area contributed by atoms with E-state index in [2.05, 4.69) is 30.2 Å². The van der Waals surface area contributed by atoms with Crippen LogP contribution in [-0.2, 0) is 4.79 Å². The summed E-state index contributed by atoms with van der Waals surface area (Å²) < 4.78 is 5.43. The number of guanidine groups is 1. The van der Waals surface area contributed by atoms with Crippen LogP contribution in [0.25, 0.3) is 11.2 Å². The first-order valence-corrected chi connectivity index (χ1v) is 7.07.